The lowest BCUT2D eigenvalue weighted by atomic mass is 10.1. The van der Waals surface area contributed by atoms with Crippen LogP contribution >= 0.6 is 0 Å². The van der Waals surface area contributed by atoms with Crippen LogP contribution in [0, 0.1) is 5.82 Å². The van der Waals surface area contributed by atoms with Gasteiger partial charge in [-0.1, -0.05) is 12.1 Å². The van der Waals surface area contributed by atoms with Crippen LogP contribution in [0.25, 0.3) is 0 Å². The molecule has 1 unspecified atom stereocenters. The average molecular weight is 345 g/mol. The van der Waals surface area contributed by atoms with Gasteiger partial charge in [-0.15, -0.1) is 0 Å². The minimum Gasteiger partial charge on any atom is -0.377 e. The lowest BCUT2D eigenvalue weighted by molar-refractivity contribution is 0.0118. The highest BCUT2D eigenvalue weighted by Crippen LogP contribution is 2.24. The molecule has 2 amide bonds. The third-order valence-electron chi connectivity index (χ3n) is 3.60. The summed E-state index contributed by atoms with van der Waals surface area (Å²) in [5.74, 6) is -0.542. The molecular formula is C14H20FN3O4S. The monoisotopic (exact) mass is 345 g/mol. The van der Waals surface area contributed by atoms with Crippen LogP contribution < -0.4 is 10.0 Å². The smallest absolute Gasteiger partial charge is 0.318 e. The van der Waals surface area contributed by atoms with Gasteiger partial charge in [0.15, 0.2) is 0 Å². The van der Waals surface area contributed by atoms with E-state index in [4.69, 9.17) is 4.74 Å². The Hall–Kier alpha value is -1.71. The van der Waals surface area contributed by atoms with Gasteiger partial charge >= 0.3 is 6.03 Å². The van der Waals surface area contributed by atoms with Crippen LogP contribution in [-0.2, 0) is 14.8 Å². The Kier molecular flexibility index (Phi) is 5.91. The first-order valence-electron chi connectivity index (χ1n) is 7.22. The first-order chi connectivity index (χ1) is 10.9. The SMILES string of the molecule is CNS(=O)(=O)CCNC(=O)N1CCOCC1c1ccc(F)cc1. The summed E-state index contributed by atoms with van der Waals surface area (Å²) < 4.78 is 43.3. The highest BCUT2D eigenvalue weighted by Gasteiger charge is 2.28. The molecule has 23 heavy (non-hydrogen) atoms. The number of benzene rings is 1. The fourth-order valence-corrected chi connectivity index (χ4v) is 2.88. The molecule has 1 atom stereocenters. The lowest BCUT2D eigenvalue weighted by Gasteiger charge is -2.35. The summed E-state index contributed by atoms with van der Waals surface area (Å²) in [5.41, 5.74) is 0.768. The number of hydrogen-bond donors (Lipinski definition) is 2. The maximum absolute atomic E-state index is 13.0. The molecule has 1 aliphatic rings. The number of nitrogens with one attached hydrogen (secondary N) is 2. The second kappa shape index (κ2) is 7.71. The molecule has 9 heteroatoms. The molecule has 0 radical (unpaired) electrons. The van der Waals surface area contributed by atoms with Crippen molar-refractivity contribution in [1.29, 1.82) is 0 Å². The second-order valence-electron chi connectivity index (χ2n) is 5.09. The Bertz CT molecular complexity index is 636. The number of sulfonamides is 1. The summed E-state index contributed by atoms with van der Waals surface area (Å²) in [4.78, 5) is 13.9. The van der Waals surface area contributed by atoms with E-state index in [1.54, 1.807) is 17.0 Å². The number of carbonyl (C=O) groups is 1. The van der Waals surface area contributed by atoms with Crippen molar-refractivity contribution in [2.24, 2.45) is 0 Å². The van der Waals surface area contributed by atoms with Gasteiger partial charge < -0.3 is 15.0 Å². The van der Waals surface area contributed by atoms with Gasteiger partial charge in [0, 0.05) is 13.1 Å². The molecule has 0 bridgehead atoms. The summed E-state index contributed by atoms with van der Waals surface area (Å²) in [6.45, 7) is 1.11. The third kappa shape index (κ3) is 4.88. The van der Waals surface area contributed by atoms with Gasteiger partial charge in [0.1, 0.15) is 5.82 Å². The van der Waals surface area contributed by atoms with Crippen LogP contribution in [0.5, 0.6) is 0 Å². The third-order valence-corrected chi connectivity index (χ3v) is 4.97. The zero-order valence-corrected chi connectivity index (χ0v) is 13.6. The van der Waals surface area contributed by atoms with E-state index in [0.717, 1.165) is 5.56 Å². The van der Waals surface area contributed by atoms with Gasteiger partial charge in [0.2, 0.25) is 10.0 Å². The largest absolute Gasteiger partial charge is 0.377 e. The number of ether oxygens (including phenoxy) is 1. The molecule has 1 fully saturated rings. The van der Waals surface area contributed by atoms with Crippen molar-refractivity contribution in [3.05, 3.63) is 35.6 Å². The van der Waals surface area contributed by atoms with Crippen molar-refractivity contribution in [2.45, 2.75) is 6.04 Å². The van der Waals surface area contributed by atoms with Gasteiger partial charge in [-0.25, -0.2) is 22.3 Å². The standard InChI is InChI=1S/C14H20FN3O4S/c1-16-23(20,21)9-6-17-14(19)18-7-8-22-10-13(18)11-2-4-12(15)5-3-11/h2-5,13,16H,6-10H2,1H3,(H,17,19). The van der Waals surface area contributed by atoms with Crippen LogP contribution in [0.1, 0.15) is 11.6 Å². The summed E-state index contributed by atoms with van der Waals surface area (Å²) >= 11 is 0. The van der Waals surface area contributed by atoms with Crippen molar-refractivity contribution in [1.82, 2.24) is 14.9 Å². The van der Waals surface area contributed by atoms with Crippen LogP contribution in [0.15, 0.2) is 24.3 Å². The number of nitrogens with zero attached hydrogens (tertiary/aromatic N) is 1. The zero-order chi connectivity index (χ0) is 16.9. The lowest BCUT2D eigenvalue weighted by Crippen LogP contribution is -2.49. The molecule has 1 aliphatic heterocycles. The second-order valence-corrected chi connectivity index (χ2v) is 7.14. The van der Waals surface area contributed by atoms with E-state index in [1.807, 2.05) is 0 Å². The fourth-order valence-electron chi connectivity index (χ4n) is 2.30. The Morgan fingerprint density at radius 3 is 2.74 bits per heavy atom. The fraction of sp³-hybridized carbons (Fsp3) is 0.500. The van der Waals surface area contributed by atoms with Crippen molar-refractivity contribution in [3.8, 4) is 0 Å². The van der Waals surface area contributed by atoms with E-state index in [1.165, 1.54) is 19.2 Å². The number of amides is 2. The zero-order valence-electron chi connectivity index (χ0n) is 12.8. The minimum absolute atomic E-state index is 0.00943. The maximum atomic E-state index is 13.0. The minimum atomic E-state index is -3.37. The number of urea groups is 1. The molecule has 1 aromatic carbocycles. The topological polar surface area (TPSA) is 87.7 Å². The summed E-state index contributed by atoms with van der Waals surface area (Å²) in [5, 5.41) is 2.59. The molecule has 128 valence electrons. The van der Waals surface area contributed by atoms with E-state index >= 15 is 0 Å². The normalized spacial score (nSPS) is 18.7. The number of halogens is 1. The van der Waals surface area contributed by atoms with E-state index < -0.39 is 10.0 Å². The predicted molar refractivity (Wildman–Crippen MR) is 82.9 cm³/mol. The average Bonchev–Trinajstić information content (AvgIpc) is 2.55. The molecule has 7 nitrogen and oxygen atoms in total. The summed E-state index contributed by atoms with van der Waals surface area (Å²) in [6.07, 6.45) is 0. The van der Waals surface area contributed by atoms with Crippen LogP contribution in [0.4, 0.5) is 9.18 Å². The molecule has 2 N–H and O–H groups in total. The summed E-state index contributed by atoms with van der Waals surface area (Å²) in [7, 11) is -2.04. The molecule has 1 saturated heterocycles. The Balaban J connectivity index is 2.00. The number of carbonyl (C=O) groups excluding carboxylic acids is 1. The van der Waals surface area contributed by atoms with Crippen molar-refractivity contribution in [2.75, 3.05) is 39.1 Å². The van der Waals surface area contributed by atoms with Gasteiger partial charge in [0.25, 0.3) is 0 Å². The van der Waals surface area contributed by atoms with Crippen molar-refractivity contribution >= 4 is 16.1 Å². The molecule has 0 aliphatic carbocycles. The molecule has 1 aromatic rings. The van der Waals surface area contributed by atoms with Crippen LogP contribution in [-0.4, -0.2) is 58.5 Å². The number of hydrogen-bond acceptors (Lipinski definition) is 4. The Labute approximate surface area is 134 Å². The summed E-state index contributed by atoms with van der Waals surface area (Å²) in [6, 6.07) is 5.19. The van der Waals surface area contributed by atoms with Gasteiger partial charge in [-0.2, -0.15) is 0 Å². The molecule has 2 rings (SSSR count). The van der Waals surface area contributed by atoms with Gasteiger partial charge in [-0.05, 0) is 24.7 Å². The highest BCUT2D eigenvalue weighted by molar-refractivity contribution is 7.89. The Morgan fingerprint density at radius 1 is 1.39 bits per heavy atom. The van der Waals surface area contributed by atoms with E-state index in [-0.39, 0.29) is 30.2 Å². The van der Waals surface area contributed by atoms with Crippen molar-refractivity contribution in [3.63, 3.8) is 0 Å². The molecule has 0 aromatic heterocycles. The van der Waals surface area contributed by atoms with E-state index in [2.05, 4.69) is 10.0 Å². The molecule has 0 saturated carbocycles. The molecule has 0 spiro atoms. The van der Waals surface area contributed by atoms with Crippen LogP contribution in [0.2, 0.25) is 0 Å². The first kappa shape index (κ1) is 17.6. The molecular weight excluding hydrogens is 325 g/mol. The van der Waals surface area contributed by atoms with Crippen LogP contribution in [0.3, 0.4) is 0 Å². The number of morpholine rings is 1. The maximum Gasteiger partial charge on any atom is 0.318 e. The van der Waals surface area contributed by atoms with E-state index in [0.29, 0.717) is 19.8 Å². The van der Waals surface area contributed by atoms with Gasteiger partial charge in [-0.3, -0.25) is 0 Å². The first-order valence-corrected chi connectivity index (χ1v) is 8.87. The quantitative estimate of drug-likeness (QED) is 0.811. The Morgan fingerprint density at radius 2 is 2.09 bits per heavy atom. The predicted octanol–water partition coefficient (Wildman–Crippen LogP) is 0.458. The number of rotatable bonds is 5. The van der Waals surface area contributed by atoms with E-state index in [9.17, 15) is 17.6 Å². The molecule has 1 heterocycles. The van der Waals surface area contributed by atoms with Gasteiger partial charge in [0.05, 0.1) is 25.0 Å². The highest BCUT2D eigenvalue weighted by atomic mass is 32.2. The van der Waals surface area contributed by atoms with Crippen molar-refractivity contribution < 1.29 is 22.3 Å².